The Kier molecular flexibility index (Phi) is 17.8. The molecule has 0 fully saturated rings. The molecule has 2 unspecified atom stereocenters. The molecule has 0 radical (unpaired) electrons. The standard InChI is InChI=1S/C9H21P.CNS/c1-3-5-6-8-9(10)7-4-2;2-1-3/h9H,3-8,10H2,1-2H3;/q;-1/p+1. The van der Waals surface area contributed by atoms with Gasteiger partial charge in [-0.15, -0.1) is 0 Å². The second-order valence-electron chi connectivity index (χ2n) is 3.24. The second kappa shape index (κ2) is 14.7. The summed E-state index contributed by atoms with van der Waals surface area (Å²) in [7, 11) is 2.18. The molecule has 0 aromatic rings. The molecule has 2 atom stereocenters. The van der Waals surface area contributed by atoms with Gasteiger partial charge in [-0.3, -0.25) is 0 Å². The molecule has 0 amide bonds. The Morgan fingerprint density at radius 1 is 1.23 bits per heavy atom. The molecule has 0 aliphatic rings. The van der Waals surface area contributed by atoms with Gasteiger partial charge in [0, 0.05) is 0 Å². The van der Waals surface area contributed by atoms with Crippen LogP contribution in [0.5, 0.6) is 0 Å². The van der Waals surface area contributed by atoms with Gasteiger partial charge in [0.15, 0.2) is 0 Å². The van der Waals surface area contributed by atoms with E-state index in [1.165, 1.54) is 43.7 Å². The maximum Gasteiger partial charge on any atom is 0.0630 e. The molecule has 0 saturated heterocycles. The van der Waals surface area contributed by atoms with Crippen LogP contribution in [0, 0.1) is 0 Å². The summed E-state index contributed by atoms with van der Waals surface area (Å²) < 4.78 is 0. The van der Waals surface area contributed by atoms with Crippen molar-refractivity contribution in [1.29, 1.82) is 0 Å². The summed E-state index contributed by atoms with van der Waals surface area (Å²) in [5, 5.41) is 8.47. The first-order valence-electron chi connectivity index (χ1n) is 5.07. The Labute approximate surface area is 90.4 Å². The van der Waals surface area contributed by atoms with Gasteiger partial charge in [-0.05, 0) is 28.5 Å². The number of hydrogen-bond acceptors (Lipinski definition) is 1. The molecule has 0 rings (SSSR count). The molecule has 0 saturated carbocycles. The van der Waals surface area contributed by atoms with E-state index in [9.17, 15) is 0 Å². The van der Waals surface area contributed by atoms with Crippen LogP contribution >= 0.6 is 21.5 Å². The van der Waals surface area contributed by atoms with Crippen molar-refractivity contribution >= 4 is 26.6 Å². The van der Waals surface area contributed by atoms with E-state index in [0.717, 1.165) is 5.66 Å². The normalized spacial score (nSPS) is 11.2. The van der Waals surface area contributed by atoms with Crippen molar-refractivity contribution in [2.24, 2.45) is 0 Å². The predicted molar refractivity (Wildman–Crippen MR) is 69.9 cm³/mol. The van der Waals surface area contributed by atoms with E-state index in [1.54, 1.807) is 0 Å². The number of nitrogens with zero attached hydrogens (tertiary/aromatic N) is 1. The molecule has 1 nitrogen and oxygen atoms in total. The zero-order chi connectivity index (χ0) is 10.5. The summed E-state index contributed by atoms with van der Waals surface area (Å²) in [6, 6.07) is 0. The fourth-order valence-electron chi connectivity index (χ4n) is 1.24. The molecular weight excluding hydrogens is 197 g/mol. The number of thiocarbonyl (C=S) groups is 1. The zero-order valence-electron chi connectivity index (χ0n) is 8.88. The second-order valence-corrected chi connectivity index (χ2v) is 4.58. The largest absolute Gasteiger partial charge is 0.753 e. The Morgan fingerprint density at radius 2 is 1.77 bits per heavy atom. The average molecular weight is 219 g/mol. The van der Waals surface area contributed by atoms with E-state index >= 15 is 0 Å². The van der Waals surface area contributed by atoms with Gasteiger partial charge in [-0.2, -0.15) is 5.16 Å². The first kappa shape index (κ1) is 15.7. The molecule has 0 aliphatic carbocycles. The maximum absolute atomic E-state index is 7.13. The lowest BCUT2D eigenvalue weighted by molar-refractivity contribution is 0.614. The smallest absolute Gasteiger partial charge is 0.0630 e. The van der Waals surface area contributed by atoms with Gasteiger partial charge >= 0.3 is 0 Å². The molecule has 0 spiro atoms. The van der Waals surface area contributed by atoms with Gasteiger partial charge in [0.25, 0.3) is 0 Å². The summed E-state index contributed by atoms with van der Waals surface area (Å²) in [5.41, 5.74) is 0.997. The first-order valence-corrected chi connectivity index (χ1v) is 6.29. The third-order valence-corrected chi connectivity index (χ3v) is 2.73. The van der Waals surface area contributed by atoms with Gasteiger partial charge in [0.2, 0.25) is 0 Å². The minimum Gasteiger partial charge on any atom is -0.753 e. The van der Waals surface area contributed by atoms with Crippen molar-refractivity contribution in [3.63, 3.8) is 0 Å². The fraction of sp³-hybridized carbons (Fsp3) is 0.900. The van der Waals surface area contributed by atoms with E-state index in [1.807, 2.05) is 0 Å². The molecular formula is C10H22NPS. The third kappa shape index (κ3) is 18.9. The van der Waals surface area contributed by atoms with Crippen molar-refractivity contribution < 1.29 is 0 Å². The highest BCUT2D eigenvalue weighted by molar-refractivity contribution is 7.78. The Morgan fingerprint density at radius 3 is 2.15 bits per heavy atom. The number of hydrogen-bond donors (Lipinski definition) is 0. The summed E-state index contributed by atoms with van der Waals surface area (Å²) in [6.07, 6.45) is 8.49. The Hall–Kier alpha value is 0.230. The Bertz CT molecular complexity index is 122. The summed E-state index contributed by atoms with van der Waals surface area (Å²) in [4.78, 5) is 0. The Balaban J connectivity index is 0. The van der Waals surface area contributed by atoms with Crippen molar-refractivity contribution in [1.82, 2.24) is 0 Å². The van der Waals surface area contributed by atoms with Crippen LogP contribution < -0.4 is 0 Å². The van der Waals surface area contributed by atoms with E-state index < -0.39 is 0 Å². The predicted octanol–water partition coefficient (Wildman–Crippen LogP) is 4.00. The van der Waals surface area contributed by atoms with Crippen molar-refractivity contribution in [2.45, 2.75) is 58.0 Å². The zero-order valence-corrected chi connectivity index (χ0v) is 11.1. The fourth-order valence-corrected chi connectivity index (χ4v) is 1.93. The number of rotatable bonds is 6. The highest BCUT2D eigenvalue weighted by Crippen LogP contribution is 2.15. The van der Waals surface area contributed by atoms with Gasteiger partial charge in [0.1, 0.15) is 0 Å². The van der Waals surface area contributed by atoms with Gasteiger partial charge in [-0.25, -0.2) is 0 Å². The molecule has 0 aliphatic heterocycles. The van der Waals surface area contributed by atoms with Crippen LogP contribution in [0.4, 0.5) is 0 Å². The first-order chi connectivity index (χ1) is 6.22. The lowest BCUT2D eigenvalue weighted by Gasteiger charge is -2.03. The van der Waals surface area contributed by atoms with Gasteiger partial charge in [0.05, 0.1) is 5.66 Å². The van der Waals surface area contributed by atoms with Crippen LogP contribution in [0.2, 0.25) is 0 Å². The van der Waals surface area contributed by atoms with Gasteiger partial charge < -0.3 is 5.41 Å². The summed E-state index contributed by atoms with van der Waals surface area (Å²) in [5.74, 6) is 0. The lowest BCUT2D eigenvalue weighted by Crippen LogP contribution is -1.95. The molecule has 78 valence electrons. The molecule has 0 N–H and O–H groups in total. The third-order valence-electron chi connectivity index (χ3n) is 1.91. The van der Waals surface area contributed by atoms with Crippen molar-refractivity contribution in [3.8, 4) is 0 Å². The van der Waals surface area contributed by atoms with Crippen LogP contribution in [0.25, 0.3) is 5.41 Å². The van der Waals surface area contributed by atoms with Crippen LogP contribution in [0.15, 0.2) is 0 Å². The van der Waals surface area contributed by atoms with Crippen molar-refractivity contribution in [3.05, 3.63) is 5.41 Å². The minimum absolute atomic E-state index is 0.997. The van der Waals surface area contributed by atoms with Crippen LogP contribution in [-0.2, 0) is 0 Å². The lowest BCUT2D eigenvalue weighted by atomic mass is 10.1. The summed E-state index contributed by atoms with van der Waals surface area (Å²) in [6.45, 7) is 4.55. The molecule has 0 bridgehead atoms. The monoisotopic (exact) mass is 219 g/mol. The molecule has 0 aromatic carbocycles. The molecule has 3 heteroatoms. The van der Waals surface area contributed by atoms with Crippen LogP contribution in [0.3, 0.4) is 0 Å². The van der Waals surface area contributed by atoms with E-state index in [4.69, 9.17) is 5.41 Å². The van der Waals surface area contributed by atoms with Crippen LogP contribution in [0.1, 0.15) is 52.4 Å². The van der Waals surface area contributed by atoms with Gasteiger partial charge in [-0.1, -0.05) is 45.3 Å². The van der Waals surface area contributed by atoms with E-state index in [-0.39, 0.29) is 0 Å². The SMILES string of the molecule is CCCCCC([PH3+])CCC.[N-]=C=S. The van der Waals surface area contributed by atoms with E-state index in [0.29, 0.717) is 0 Å². The highest BCUT2D eigenvalue weighted by Gasteiger charge is 2.03. The molecule has 13 heavy (non-hydrogen) atoms. The van der Waals surface area contributed by atoms with E-state index in [2.05, 4.69) is 35.3 Å². The highest BCUT2D eigenvalue weighted by atomic mass is 32.1. The molecule has 0 heterocycles. The minimum atomic E-state index is 0.997. The molecule has 0 aromatic heterocycles. The topological polar surface area (TPSA) is 22.3 Å². The quantitative estimate of drug-likeness (QED) is 0.286. The summed E-state index contributed by atoms with van der Waals surface area (Å²) >= 11 is 3.70. The average Bonchev–Trinajstić information content (AvgIpc) is 2.07. The van der Waals surface area contributed by atoms with Crippen LogP contribution in [-0.4, -0.2) is 10.8 Å². The maximum atomic E-state index is 7.13. The number of unbranched alkanes of at least 4 members (excludes halogenated alkanes) is 2. The number of isothiocyanates is 1. The van der Waals surface area contributed by atoms with Crippen molar-refractivity contribution in [2.75, 3.05) is 0 Å².